The molecule has 0 radical (unpaired) electrons. The summed E-state index contributed by atoms with van der Waals surface area (Å²) >= 11 is 1.32. The fraction of sp³-hybridized carbons (Fsp3) is 0.318. The van der Waals surface area contributed by atoms with Gasteiger partial charge in [-0.25, -0.2) is 4.98 Å². The van der Waals surface area contributed by atoms with Crippen molar-refractivity contribution >= 4 is 23.4 Å². The predicted octanol–water partition coefficient (Wildman–Crippen LogP) is 5.28. The number of anilines is 1. The van der Waals surface area contributed by atoms with Crippen molar-refractivity contribution in [2.75, 3.05) is 11.1 Å². The first kappa shape index (κ1) is 20.1. The summed E-state index contributed by atoms with van der Waals surface area (Å²) in [6.45, 7) is 6.50. The third-order valence-corrected chi connectivity index (χ3v) is 5.66. The Bertz CT molecular complexity index is 903. The highest BCUT2D eigenvalue weighted by molar-refractivity contribution is 7.99. The number of carbonyl (C=O) groups is 1. The van der Waals surface area contributed by atoms with Crippen LogP contribution < -0.4 is 5.32 Å². The molecule has 0 spiro atoms. The summed E-state index contributed by atoms with van der Waals surface area (Å²) < 4.78 is 0. The van der Waals surface area contributed by atoms with E-state index < -0.39 is 0 Å². The number of H-pyrrole nitrogens is 1. The van der Waals surface area contributed by atoms with Gasteiger partial charge in [0.05, 0.1) is 5.75 Å². The maximum Gasteiger partial charge on any atom is 0.234 e. The van der Waals surface area contributed by atoms with Gasteiger partial charge in [0.15, 0.2) is 5.82 Å². The van der Waals surface area contributed by atoms with Gasteiger partial charge in [0.1, 0.15) is 0 Å². The van der Waals surface area contributed by atoms with Gasteiger partial charge in [0.25, 0.3) is 0 Å². The van der Waals surface area contributed by atoms with Crippen molar-refractivity contribution in [3.05, 3.63) is 59.7 Å². The van der Waals surface area contributed by atoms with Gasteiger partial charge in [0, 0.05) is 11.3 Å². The third kappa shape index (κ3) is 5.23. The topological polar surface area (TPSA) is 70.7 Å². The Morgan fingerprint density at radius 2 is 1.82 bits per heavy atom. The fourth-order valence-electron chi connectivity index (χ4n) is 2.80. The molecule has 1 amide bonds. The summed E-state index contributed by atoms with van der Waals surface area (Å²) in [5.41, 5.74) is 4.37. The third-order valence-electron chi connectivity index (χ3n) is 4.81. The minimum absolute atomic E-state index is 0.0695. The number of nitrogens with zero attached hydrogens (tertiary/aromatic N) is 2. The summed E-state index contributed by atoms with van der Waals surface area (Å²) in [7, 11) is 0. The normalized spacial score (nSPS) is 12.0. The number of carbonyl (C=O) groups excluding carboxylic acids is 1. The molecule has 1 atom stereocenters. The van der Waals surface area contributed by atoms with Crippen LogP contribution in [0.25, 0.3) is 11.4 Å². The molecule has 1 heterocycles. The van der Waals surface area contributed by atoms with Crippen LogP contribution in [0, 0.1) is 0 Å². The van der Waals surface area contributed by atoms with E-state index in [1.54, 1.807) is 0 Å². The Morgan fingerprint density at radius 1 is 1.11 bits per heavy atom. The van der Waals surface area contributed by atoms with E-state index in [1.165, 1.54) is 22.9 Å². The zero-order valence-corrected chi connectivity index (χ0v) is 17.3. The Kier molecular flexibility index (Phi) is 6.87. The Labute approximate surface area is 170 Å². The molecule has 0 aliphatic rings. The number of hydrogen-bond donors (Lipinski definition) is 2. The molecular formula is C22H26N4OS. The van der Waals surface area contributed by atoms with Crippen LogP contribution in [0.15, 0.2) is 53.7 Å². The van der Waals surface area contributed by atoms with Crippen molar-refractivity contribution in [3.8, 4) is 11.4 Å². The highest BCUT2D eigenvalue weighted by Crippen LogP contribution is 2.22. The highest BCUT2D eigenvalue weighted by atomic mass is 32.2. The van der Waals surface area contributed by atoms with E-state index in [0.29, 0.717) is 16.9 Å². The highest BCUT2D eigenvalue weighted by Gasteiger charge is 2.10. The van der Waals surface area contributed by atoms with Crippen molar-refractivity contribution < 1.29 is 4.79 Å². The Hall–Kier alpha value is -2.60. The zero-order chi connectivity index (χ0) is 19.9. The van der Waals surface area contributed by atoms with Gasteiger partial charge in [-0.15, -0.1) is 5.10 Å². The smallest absolute Gasteiger partial charge is 0.234 e. The van der Waals surface area contributed by atoms with Crippen LogP contribution in [-0.4, -0.2) is 26.8 Å². The second kappa shape index (κ2) is 9.55. The van der Waals surface area contributed by atoms with E-state index in [2.05, 4.69) is 65.5 Å². The predicted molar refractivity (Wildman–Crippen MR) is 116 cm³/mol. The van der Waals surface area contributed by atoms with Gasteiger partial charge in [-0.2, -0.15) is 0 Å². The lowest BCUT2D eigenvalue weighted by molar-refractivity contribution is -0.113. The van der Waals surface area contributed by atoms with Gasteiger partial charge in [0.2, 0.25) is 11.1 Å². The number of amides is 1. The lowest BCUT2D eigenvalue weighted by atomic mass is 9.99. The maximum absolute atomic E-state index is 12.2. The quantitative estimate of drug-likeness (QED) is 0.510. The average molecular weight is 395 g/mol. The Balaban J connectivity index is 1.52. The molecule has 2 N–H and O–H groups in total. The Morgan fingerprint density at radius 3 is 2.46 bits per heavy atom. The molecule has 5 nitrogen and oxygen atoms in total. The standard InChI is InChI=1S/C22H26N4OS/c1-4-15(3)17-10-12-19(13-11-17)23-20(27)14-28-22-24-21(25-26-22)18-8-6-16(5-2)7-9-18/h6-13,15H,4-5,14H2,1-3H3,(H,23,27)(H,24,25,26). The van der Waals surface area contributed by atoms with Crippen LogP contribution in [0.4, 0.5) is 5.69 Å². The second-order valence-corrected chi connectivity index (χ2v) is 7.73. The van der Waals surface area contributed by atoms with Crippen LogP contribution in [0.3, 0.4) is 0 Å². The molecule has 3 aromatic rings. The first-order chi connectivity index (χ1) is 13.6. The molecule has 146 valence electrons. The first-order valence-corrected chi connectivity index (χ1v) is 10.6. The number of aromatic amines is 1. The maximum atomic E-state index is 12.2. The molecule has 0 fully saturated rings. The van der Waals surface area contributed by atoms with Crippen molar-refractivity contribution in [1.82, 2.24) is 15.2 Å². The molecule has 2 aromatic carbocycles. The molecule has 0 saturated heterocycles. The van der Waals surface area contributed by atoms with E-state index in [4.69, 9.17) is 0 Å². The number of nitrogens with one attached hydrogen (secondary N) is 2. The molecular weight excluding hydrogens is 368 g/mol. The lowest BCUT2D eigenvalue weighted by Crippen LogP contribution is -2.14. The van der Waals surface area contributed by atoms with Crippen LogP contribution in [-0.2, 0) is 11.2 Å². The van der Waals surface area contributed by atoms with Crippen molar-refractivity contribution in [2.24, 2.45) is 0 Å². The van der Waals surface area contributed by atoms with Crippen LogP contribution in [0.1, 0.15) is 44.2 Å². The number of benzene rings is 2. The lowest BCUT2D eigenvalue weighted by Gasteiger charge is -2.10. The zero-order valence-electron chi connectivity index (χ0n) is 16.5. The number of hydrogen-bond acceptors (Lipinski definition) is 4. The van der Waals surface area contributed by atoms with E-state index in [-0.39, 0.29) is 11.7 Å². The molecule has 0 aliphatic carbocycles. The summed E-state index contributed by atoms with van der Waals surface area (Å²) in [6, 6.07) is 16.3. The SMILES string of the molecule is CCc1ccc(-c2nc(SCC(=O)Nc3ccc(C(C)CC)cc3)n[nH]2)cc1. The number of thioether (sulfide) groups is 1. The molecule has 1 aromatic heterocycles. The van der Waals surface area contributed by atoms with Gasteiger partial charge in [-0.05, 0) is 42.0 Å². The molecule has 6 heteroatoms. The monoisotopic (exact) mass is 394 g/mol. The van der Waals surface area contributed by atoms with Crippen molar-refractivity contribution in [2.45, 2.75) is 44.7 Å². The molecule has 1 unspecified atom stereocenters. The fourth-order valence-corrected chi connectivity index (χ4v) is 3.39. The van der Waals surface area contributed by atoms with Crippen molar-refractivity contribution in [3.63, 3.8) is 0 Å². The van der Waals surface area contributed by atoms with Gasteiger partial charge in [-0.1, -0.05) is 68.9 Å². The number of aromatic nitrogens is 3. The minimum Gasteiger partial charge on any atom is -0.325 e. The second-order valence-electron chi connectivity index (χ2n) is 6.79. The molecule has 0 aliphatic heterocycles. The van der Waals surface area contributed by atoms with E-state index in [9.17, 15) is 4.79 Å². The van der Waals surface area contributed by atoms with Crippen LogP contribution in [0.2, 0.25) is 0 Å². The molecule has 28 heavy (non-hydrogen) atoms. The largest absolute Gasteiger partial charge is 0.325 e. The summed E-state index contributed by atoms with van der Waals surface area (Å²) in [5.74, 6) is 1.43. The number of aryl methyl sites for hydroxylation is 1. The van der Waals surface area contributed by atoms with E-state index >= 15 is 0 Å². The summed E-state index contributed by atoms with van der Waals surface area (Å²) in [6.07, 6.45) is 2.11. The first-order valence-electron chi connectivity index (χ1n) is 9.63. The minimum atomic E-state index is -0.0695. The van der Waals surface area contributed by atoms with Crippen LogP contribution >= 0.6 is 11.8 Å². The van der Waals surface area contributed by atoms with E-state index in [0.717, 1.165) is 24.1 Å². The summed E-state index contributed by atoms with van der Waals surface area (Å²) in [4.78, 5) is 16.7. The molecule has 0 saturated carbocycles. The molecule has 0 bridgehead atoms. The van der Waals surface area contributed by atoms with Gasteiger partial charge < -0.3 is 5.32 Å². The average Bonchev–Trinajstić information content (AvgIpc) is 3.21. The van der Waals surface area contributed by atoms with Gasteiger partial charge in [-0.3, -0.25) is 9.89 Å². The van der Waals surface area contributed by atoms with Crippen molar-refractivity contribution in [1.29, 1.82) is 0 Å². The van der Waals surface area contributed by atoms with E-state index in [1.807, 2.05) is 24.3 Å². The number of rotatable bonds is 8. The summed E-state index contributed by atoms with van der Waals surface area (Å²) in [5, 5.41) is 10.6. The molecule has 3 rings (SSSR count). The van der Waals surface area contributed by atoms with Gasteiger partial charge >= 0.3 is 0 Å². The van der Waals surface area contributed by atoms with Crippen LogP contribution in [0.5, 0.6) is 0 Å².